The van der Waals surface area contributed by atoms with Gasteiger partial charge in [-0.3, -0.25) is 14.5 Å². The zero-order valence-electron chi connectivity index (χ0n) is 14.1. The van der Waals surface area contributed by atoms with Crippen molar-refractivity contribution in [2.75, 3.05) is 0 Å². The summed E-state index contributed by atoms with van der Waals surface area (Å²) in [5, 5.41) is 5.02. The first-order chi connectivity index (χ1) is 11.4. The molecule has 2 N–H and O–H groups in total. The molecule has 3 rings (SSSR count). The Bertz CT molecular complexity index is 800. The standard InChI is InChI=1S/C17H21N5OS/c1-11-8-17(2,21-16(18)24-11)15-7-12(4-5-19-15)6-14(23)13-9-20-22(3)10-13/h4-5,7,9-11H,6,8H2,1-3H3,(H2,18,21)/t11-,17+/m1/s1. The van der Waals surface area contributed by atoms with Crippen LogP contribution in [-0.2, 0) is 19.0 Å². The van der Waals surface area contributed by atoms with E-state index in [4.69, 9.17) is 5.73 Å². The first kappa shape index (κ1) is 16.7. The molecule has 0 fully saturated rings. The van der Waals surface area contributed by atoms with Crippen LogP contribution in [0.3, 0.4) is 0 Å². The second-order valence-electron chi connectivity index (χ2n) is 6.41. The second-order valence-corrected chi connectivity index (χ2v) is 7.87. The highest BCUT2D eigenvalue weighted by atomic mass is 32.2. The molecule has 1 aliphatic rings. The van der Waals surface area contributed by atoms with E-state index in [2.05, 4.69) is 22.0 Å². The number of carbonyl (C=O) groups excluding carboxylic acids is 1. The molecule has 0 bridgehead atoms. The minimum absolute atomic E-state index is 0.0426. The highest BCUT2D eigenvalue weighted by Gasteiger charge is 2.34. The van der Waals surface area contributed by atoms with E-state index in [1.807, 2.05) is 19.1 Å². The SMILES string of the molecule is C[C@@H]1C[C@@](C)(c2cc(CC(=O)c3cnn(C)c3)ccn2)N=C(N)S1. The number of pyridine rings is 1. The van der Waals surface area contributed by atoms with Crippen molar-refractivity contribution < 1.29 is 4.79 Å². The molecule has 0 aliphatic carbocycles. The summed E-state index contributed by atoms with van der Waals surface area (Å²) in [5.74, 6) is 0.0426. The minimum Gasteiger partial charge on any atom is -0.379 e. The van der Waals surface area contributed by atoms with Crippen molar-refractivity contribution in [2.45, 2.75) is 37.5 Å². The molecular formula is C17H21N5OS. The van der Waals surface area contributed by atoms with Crippen LogP contribution < -0.4 is 5.73 Å². The number of aliphatic imine (C=N–C) groups is 1. The molecule has 0 spiro atoms. The van der Waals surface area contributed by atoms with Crippen molar-refractivity contribution in [3.8, 4) is 0 Å². The molecule has 0 aromatic carbocycles. The molecule has 2 aromatic rings. The molecule has 1 aliphatic heterocycles. The summed E-state index contributed by atoms with van der Waals surface area (Å²) >= 11 is 1.59. The maximum atomic E-state index is 12.4. The number of hydrogen-bond donors (Lipinski definition) is 1. The first-order valence-electron chi connectivity index (χ1n) is 7.85. The fraction of sp³-hybridized carbons (Fsp3) is 0.412. The predicted octanol–water partition coefficient (Wildman–Crippen LogP) is 2.30. The molecule has 2 aromatic heterocycles. The van der Waals surface area contributed by atoms with E-state index in [1.165, 1.54) is 0 Å². The van der Waals surface area contributed by atoms with Crippen molar-refractivity contribution in [3.63, 3.8) is 0 Å². The van der Waals surface area contributed by atoms with Crippen molar-refractivity contribution >= 4 is 22.7 Å². The third-order valence-electron chi connectivity index (χ3n) is 4.13. The maximum Gasteiger partial charge on any atom is 0.170 e. The number of amidine groups is 1. The van der Waals surface area contributed by atoms with Crippen LogP contribution in [0.25, 0.3) is 0 Å². The van der Waals surface area contributed by atoms with Crippen molar-refractivity contribution in [1.29, 1.82) is 0 Å². The number of aromatic nitrogens is 3. The van der Waals surface area contributed by atoms with Gasteiger partial charge in [-0.2, -0.15) is 5.10 Å². The Morgan fingerprint density at radius 2 is 2.33 bits per heavy atom. The van der Waals surface area contributed by atoms with E-state index in [0.717, 1.165) is 17.7 Å². The molecule has 2 atom stereocenters. The third kappa shape index (κ3) is 3.51. The van der Waals surface area contributed by atoms with Crippen LogP contribution >= 0.6 is 11.8 Å². The number of Topliss-reactive ketones (excluding diaryl/α,β-unsaturated/α-hetero) is 1. The topological polar surface area (TPSA) is 86.2 Å². The molecule has 24 heavy (non-hydrogen) atoms. The Morgan fingerprint density at radius 3 is 3.00 bits per heavy atom. The van der Waals surface area contributed by atoms with Gasteiger partial charge in [0.1, 0.15) is 5.54 Å². The first-order valence-corrected chi connectivity index (χ1v) is 8.73. The highest BCUT2D eigenvalue weighted by molar-refractivity contribution is 8.14. The average Bonchev–Trinajstić information content (AvgIpc) is 2.93. The monoisotopic (exact) mass is 343 g/mol. The van der Waals surface area contributed by atoms with E-state index >= 15 is 0 Å². The Balaban J connectivity index is 1.84. The van der Waals surface area contributed by atoms with E-state index < -0.39 is 5.54 Å². The summed E-state index contributed by atoms with van der Waals surface area (Å²) in [5.41, 5.74) is 7.91. The Morgan fingerprint density at radius 1 is 1.54 bits per heavy atom. The van der Waals surface area contributed by atoms with E-state index in [0.29, 0.717) is 22.4 Å². The summed E-state index contributed by atoms with van der Waals surface area (Å²) < 4.78 is 1.63. The number of carbonyl (C=O) groups is 1. The normalized spacial score (nSPS) is 23.8. The van der Waals surface area contributed by atoms with Gasteiger partial charge in [-0.05, 0) is 31.0 Å². The molecule has 6 nitrogen and oxygen atoms in total. The van der Waals surface area contributed by atoms with Crippen LogP contribution in [-0.4, -0.2) is 31.0 Å². The van der Waals surface area contributed by atoms with E-state index in [9.17, 15) is 4.79 Å². The van der Waals surface area contributed by atoms with Crippen LogP contribution in [0, 0.1) is 0 Å². The van der Waals surface area contributed by atoms with Gasteiger partial charge in [0.15, 0.2) is 11.0 Å². The molecule has 0 saturated carbocycles. The highest BCUT2D eigenvalue weighted by Crippen LogP contribution is 2.37. The number of ketones is 1. The molecule has 0 saturated heterocycles. The molecular weight excluding hydrogens is 322 g/mol. The average molecular weight is 343 g/mol. The molecule has 0 unspecified atom stereocenters. The summed E-state index contributed by atoms with van der Waals surface area (Å²) in [4.78, 5) is 21.5. The quantitative estimate of drug-likeness (QED) is 0.861. The third-order valence-corrected chi connectivity index (χ3v) is 5.03. The van der Waals surface area contributed by atoms with Crippen molar-refractivity contribution in [1.82, 2.24) is 14.8 Å². The molecule has 0 radical (unpaired) electrons. The van der Waals surface area contributed by atoms with Gasteiger partial charge in [-0.15, -0.1) is 0 Å². The van der Waals surface area contributed by atoms with Crippen molar-refractivity contribution in [3.05, 3.63) is 47.5 Å². The largest absolute Gasteiger partial charge is 0.379 e. The lowest BCUT2D eigenvalue weighted by Gasteiger charge is -2.32. The summed E-state index contributed by atoms with van der Waals surface area (Å²) in [6.07, 6.45) is 6.25. The summed E-state index contributed by atoms with van der Waals surface area (Å²) in [6.45, 7) is 4.19. The van der Waals surface area contributed by atoms with Gasteiger partial charge < -0.3 is 5.73 Å². The summed E-state index contributed by atoms with van der Waals surface area (Å²) in [6, 6.07) is 3.84. The molecule has 126 valence electrons. The predicted molar refractivity (Wildman–Crippen MR) is 96.1 cm³/mol. The van der Waals surface area contributed by atoms with Gasteiger partial charge in [0.05, 0.1) is 17.5 Å². The fourth-order valence-corrected chi connectivity index (χ4v) is 4.09. The zero-order valence-corrected chi connectivity index (χ0v) is 14.9. The number of rotatable bonds is 4. The Labute approximate surface area is 145 Å². The number of nitrogens with two attached hydrogens (primary N) is 1. The summed E-state index contributed by atoms with van der Waals surface area (Å²) in [7, 11) is 1.80. The van der Waals surface area contributed by atoms with Gasteiger partial charge in [-0.25, -0.2) is 4.99 Å². The maximum absolute atomic E-state index is 12.4. The van der Waals surface area contributed by atoms with Crippen LogP contribution in [0.1, 0.15) is 41.9 Å². The number of hydrogen-bond acceptors (Lipinski definition) is 6. The van der Waals surface area contributed by atoms with Crippen LogP contribution in [0.4, 0.5) is 0 Å². The lowest BCUT2D eigenvalue weighted by atomic mass is 9.90. The Hall–Kier alpha value is -2.15. The number of aryl methyl sites for hydroxylation is 1. The lowest BCUT2D eigenvalue weighted by Crippen LogP contribution is -2.33. The van der Waals surface area contributed by atoms with E-state index in [-0.39, 0.29) is 5.78 Å². The van der Waals surface area contributed by atoms with Gasteiger partial charge >= 0.3 is 0 Å². The smallest absolute Gasteiger partial charge is 0.170 e. The molecule has 3 heterocycles. The van der Waals surface area contributed by atoms with Crippen LogP contribution in [0.2, 0.25) is 0 Å². The van der Waals surface area contributed by atoms with Crippen molar-refractivity contribution in [2.24, 2.45) is 17.8 Å². The van der Waals surface area contributed by atoms with Gasteiger partial charge in [-0.1, -0.05) is 18.7 Å². The van der Waals surface area contributed by atoms with Gasteiger partial charge in [0.2, 0.25) is 0 Å². The second kappa shape index (κ2) is 6.39. The van der Waals surface area contributed by atoms with E-state index in [1.54, 1.807) is 42.1 Å². The van der Waals surface area contributed by atoms with Gasteiger partial charge in [0, 0.05) is 31.1 Å². The molecule has 0 amide bonds. The van der Waals surface area contributed by atoms with Crippen LogP contribution in [0.5, 0.6) is 0 Å². The minimum atomic E-state index is -0.442. The Kier molecular flexibility index (Phi) is 4.45. The zero-order chi connectivity index (χ0) is 17.3. The fourth-order valence-electron chi connectivity index (χ4n) is 3.02. The lowest BCUT2D eigenvalue weighted by molar-refractivity contribution is 0.0993. The van der Waals surface area contributed by atoms with Gasteiger partial charge in [0.25, 0.3) is 0 Å². The number of nitrogens with zero attached hydrogens (tertiary/aromatic N) is 4. The molecule has 7 heteroatoms. The number of thioether (sulfide) groups is 1. The van der Waals surface area contributed by atoms with Crippen LogP contribution in [0.15, 0.2) is 35.7 Å².